The van der Waals surface area contributed by atoms with E-state index < -0.39 is 0 Å². The predicted octanol–water partition coefficient (Wildman–Crippen LogP) is 3.96. The van der Waals surface area contributed by atoms with Gasteiger partial charge in [-0.15, -0.1) is 0 Å². The van der Waals surface area contributed by atoms with Crippen molar-refractivity contribution in [3.8, 4) is 0 Å². The highest BCUT2D eigenvalue weighted by Gasteiger charge is 1.98. The molecular weight excluding hydrogens is 266 g/mol. The molecule has 0 heterocycles. The Morgan fingerprint density at radius 3 is 2.35 bits per heavy atom. The maximum absolute atomic E-state index is 5.63. The van der Waals surface area contributed by atoms with Crippen LogP contribution in [0.25, 0.3) is 0 Å². The highest BCUT2D eigenvalue weighted by atomic mass is 32.2. The van der Waals surface area contributed by atoms with E-state index in [0.717, 1.165) is 19.6 Å². The minimum atomic E-state index is 0.694. The highest BCUT2D eigenvalue weighted by Crippen LogP contribution is 2.27. The van der Waals surface area contributed by atoms with Crippen molar-refractivity contribution in [2.75, 3.05) is 20.2 Å². The molecule has 0 saturated carbocycles. The maximum Gasteiger partial charge on any atom is 0.0716 e. The van der Waals surface area contributed by atoms with E-state index in [2.05, 4.69) is 53.8 Å². The number of benzene rings is 2. The van der Waals surface area contributed by atoms with Crippen LogP contribution in [0.1, 0.15) is 12.0 Å². The second kappa shape index (κ2) is 8.80. The number of ether oxygens (including phenoxy) is 1. The molecule has 0 unspecified atom stereocenters. The van der Waals surface area contributed by atoms with Gasteiger partial charge >= 0.3 is 0 Å². The fourth-order valence-electron chi connectivity index (χ4n) is 1.82. The molecular formula is C17H21NOS. The van der Waals surface area contributed by atoms with Crippen LogP contribution in [-0.2, 0) is 11.3 Å². The third-order valence-corrected chi connectivity index (χ3v) is 3.90. The van der Waals surface area contributed by atoms with E-state index in [1.165, 1.54) is 15.4 Å². The van der Waals surface area contributed by atoms with Gasteiger partial charge < -0.3 is 10.1 Å². The van der Waals surface area contributed by atoms with Crippen LogP contribution in [0.5, 0.6) is 0 Å². The third kappa shape index (κ3) is 5.37. The smallest absolute Gasteiger partial charge is 0.0716 e. The van der Waals surface area contributed by atoms with Crippen LogP contribution >= 0.6 is 11.8 Å². The van der Waals surface area contributed by atoms with E-state index in [1.807, 2.05) is 13.1 Å². The lowest BCUT2D eigenvalue weighted by atomic mass is 10.2. The standard InChI is InChI=1S/C17H21NOS/c1-18-12-5-13-19-14-15-8-10-17(11-9-15)20-16-6-3-2-4-7-16/h2-4,6-11,18H,5,12-14H2,1H3. The van der Waals surface area contributed by atoms with Gasteiger partial charge in [0.25, 0.3) is 0 Å². The number of rotatable bonds is 8. The summed E-state index contributed by atoms with van der Waals surface area (Å²) in [5, 5.41) is 3.11. The molecule has 0 saturated heterocycles. The van der Waals surface area contributed by atoms with Crippen LogP contribution in [0, 0.1) is 0 Å². The van der Waals surface area contributed by atoms with Crippen LogP contribution < -0.4 is 5.32 Å². The summed E-state index contributed by atoms with van der Waals surface area (Å²) in [4.78, 5) is 2.53. The molecule has 20 heavy (non-hydrogen) atoms. The Hall–Kier alpha value is -1.29. The Morgan fingerprint density at radius 2 is 1.65 bits per heavy atom. The molecule has 2 aromatic rings. The van der Waals surface area contributed by atoms with Gasteiger partial charge in [0.2, 0.25) is 0 Å². The van der Waals surface area contributed by atoms with Gasteiger partial charge in [0.1, 0.15) is 0 Å². The van der Waals surface area contributed by atoms with Crippen molar-refractivity contribution in [2.45, 2.75) is 22.8 Å². The molecule has 0 amide bonds. The van der Waals surface area contributed by atoms with Gasteiger partial charge in [-0.2, -0.15) is 0 Å². The first-order valence-electron chi connectivity index (χ1n) is 6.92. The summed E-state index contributed by atoms with van der Waals surface area (Å²) >= 11 is 1.78. The van der Waals surface area contributed by atoms with Crippen LogP contribution in [0.3, 0.4) is 0 Å². The topological polar surface area (TPSA) is 21.3 Å². The monoisotopic (exact) mass is 287 g/mol. The number of hydrogen-bond acceptors (Lipinski definition) is 3. The van der Waals surface area contributed by atoms with Crippen molar-refractivity contribution in [1.29, 1.82) is 0 Å². The van der Waals surface area contributed by atoms with E-state index in [4.69, 9.17) is 4.74 Å². The minimum Gasteiger partial charge on any atom is -0.377 e. The van der Waals surface area contributed by atoms with Gasteiger partial charge in [-0.3, -0.25) is 0 Å². The largest absolute Gasteiger partial charge is 0.377 e. The van der Waals surface area contributed by atoms with E-state index in [-0.39, 0.29) is 0 Å². The quantitative estimate of drug-likeness (QED) is 0.742. The van der Waals surface area contributed by atoms with Crippen LogP contribution in [0.2, 0.25) is 0 Å². The molecule has 0 atom stereocenters. The lowest BCUT2D eigenvalue weighted by Crippen LogP contribution is -2.10. The Kier molecular flexibility index (Phi) is 6.64. The predicted molar refractivity (Wildman–Crippen MR) is 85.2 cm³/mol. The van der Waals surface area contributed by atoms with Gasteiger partial charge in [-0.25, -0.2) is 0 Å². The summed E-state index contributed by atoms with van der Waals surface area (Å²) < 4.78 is 5.63. The fourth-order valence-corrected chi connectivity index (χ4v) is 2.66. The number of nitrogens with one attached hydrogen (secondary N) is 1. The minimum absolute atomic E-state index is 0.694. The Labute approximate surface area is 125 Å². The Balaban J connectivity index is 1.78. The summed E-state index contributed by atoms with van der Waals surface area (Å²) in [5.41, 5.74) is 1.23. The Bertz CT molecular complexity index is 484. The normalized spacial score (nSPS) is 10.7. The van der Waals surface area contributed by atoms with E-state index >= 15 is 0 Å². The third-order valence-electron chi connectivity index (χ3n) is 2.89. The average Bonchev–Trinajstić information content (AvgIpc) is 2.50. The summed E-state index contributed by atoms with van der Waals surface area (Å²) in [5.74, 6) is 0. The van der Waals surface area contributed by atoms with Gasteiger partial charge in [0.05, 0.1) is 6.61 Å². The average molecular weight is 287 g/mol. The summed E-state index contributed by atoms with van der Waals surface area (Å²) in [7, 11) is 1.96. The molecule has 0 fully saturated rings. The second-order valence-corrected chi connectivity index (χ2v) is 5.72. The molecule has 2 nitrogen and oxygen atoms in total. The van der Waals surface area contributed by atoms with Crippen molar-refractivity contribution in [1.82, 2.24) is 5.32 Å². The van der Waals surface area contributed by atoms with Crippen molar-refractivity contribution in [2.24, 2.45) is 0 Å². The Morgan fingerprint density at radius 1 is 0.950 bits per heavy atom. The van der Waals surface area contributed by atoms with Crippen molar-refractivity contribution < 1.29 is 4.74 Å². The lowest BCUT2D eigenvalue weighted by molar-refractivity contribution is 0.119. The second-order valence-electron chi connectivity index (χ2n) is 4.57. The van der Waals surface area contributed by atoms with Gasteiger partial charge in [-0.05, 0) is 49.8 Å². The summed E-state index contributed by atoms with van der Waals surface area (Å²) in [6.45, 7) is 2.51. The molecule has 2 aromatic carbocycles. The molecule has 3 heteroatoms. The zero-order valence-corrected chi connectivity index (χ0v) is 12.7. The van der Waals surface area contributed by atoms with Crippen LogP contribution in [0.15, 0.2) is 64.4 Å². The zero-order valence-electron chi connectivity index (χ0n) is 11.8. The molecule has 0 aromatic heterocycles. The van der Waals surface area contributed by atoms with Crippen LogP contribution in [0.4, 0.5) is 0 Å². The summed E-state index contributed by atoms with van der Waals surface area (Å²) in [6.07, 6.45) is 1.05. The van der Waals surface area contributed by atoms with Gasteiger partial charge in [0.15, 0.2) is 0 Å². The first-order chi connectivity index (χ1) is 9.88. The van der Waals surface area contributed by atoms with Crippen molar-refractivity contribution in [3.63, 3.8) is 0 Å². The molecule has 1 N–H and O–H groups in total. The molecule has 2 rings (SSSR count). The molecule has 0 aliphatic rings. The molecule has 0 radical (unpaired) electrons. The first kappa shape index (κ1) is 15.1. The van der Waals surface area contributed by atoms with E-state index in [0.29, 0.717) is 6.61 Å². The molecule has 0 bridgehead atoms. The van der Waals surface area contributed by atoms with E-state index in [9.17, 15) is 0 Å². The van der Waals surface area contributed by atoms with E-state index in [1.54, 1.807) is 11.8 Å². The van der Waals surface area contributed by atoms with Gasteiger partial charge in [0, 0.05) is 16.4 Å². The number of hydrogen-bond donors (Lipinski definition) is 1. The van der Waals surface area contributed by atoms with Crippen LogP contribution in [-0.4, -0.2) is 20.2 Å². The highest BCUT2D eigenvalue weighted by molar-refractivity contribution is 7.99. The molecule has 0 aliphatic heterocycles. The maximum atomic E-state index is 5.63. The molecule has 106 valence electrons. The fraction of sp³-hybridized carbons (Fsp3) is 0.294. The molecule has 0 aliphatic carbocycles. The van der Waals surface area contributed by atoms with Gasteiger partial charge in [-0.1, -0.05) is 42.1 Å². The van der Waals surface area contributed by atoms with Crippen molar-refractivity contribution in [3.05, 3.63) is 60.2 Å². The molecule has 0 spiro atoms. The lowest BCUT2D eigenvalue weighted by Gasteiger charge is -2.06. The first-order valence-corrected chi connectivity index (χ1v) is 7.74. The SMILES string of the molecule is CNCCCOCc1ccc(Sc2ccccc2)cc1. The van der Waals surface area contributed by atoms with Crippen molar-refractivity contribution >= 4 is 11.8 Å². The summed E-state index contributed by atoms with van der Waals surface area (Å²) in [6, 6.07) is 19.0. The zero-order chi connectivity index (χ0) is 14.0.